The van der Waals surface area contributed by atoms with Gasteiger partial charge in [0.2, 0.25) is 18.3 Å². The average molecular weight is 425 g/mol. The molecule has 5 nitrogen and oxygen atoms in total. The summed E-state index contributed by atoms with van der Waals surface area (Å²) in [5.41, 5.74) is 1.84. The zero-order valence-electron chi connectivity index (χ0n) is 15.8. The predicted molar refractivity (Wildman–Crippen MR) is 113 cm³/mol. The summed E-state index contributed by atoms with van der Waals surface area (Å²) < 4.78 is 34.1. The van der Waals surface area contributed by atoms with Crippen molar-refractivity contribution in [1.82, 2.24) is 4.08 Å². The Bertz CT molecular complexity index is 1100. The molecule has 29 heavy (non-hydrogen) atoms. The summed E-state index contributed by atoms with van der Waals surface area (Å²) in [4.78, 5) is 12.9. The van der Waals surface area contributed by atoms with Crippen LogP contribution < -0.4 is 5.30 Å². The second-order valence-corrected chi connectivity index (χ2v) is 10.6. The van der Waals surface area contributed by atoms with Gasteiger partial charge in [-0.3, -0.25) is 4.79 Å². The fraction of sp³-hybridized carbons (Fsp3) is 0.136. The fourth-order valence-corrected chi connectivity index (χ4v) is 7.41. The maximum absolute atomic E-state index is 13.6. The number of benzene rings is 3. The number of carbonyl (C=O) groups excluding carboxylic acids is 1. The van der Waals surface area contributed by atoms with Crippen molar-refractivity contribution in [2.45, 2.75) is 24.3 Å². The zero-order valence-corrected chi connectivity index (χ0v) is 17.5. The number of hydrogen-bond acceptors (Lipinski definition) is 4. The molecule has 7 heteroatoms. The van der Waals surface area contributed by atoms with E-state index in [1.807, 2.05) is 55.5 Å². The van der Waals surface area contributed by atoms with Crippen LogP contribution in [0.3, 0.4) is 0 Å². The first kappa shape index (κ1) is 19.8. The first-order valence-electron chi connectivity index (χ1n) is 9.19. The largest absolute Gasteiger partial charge is 0.422 e. The molecule has 0 aromatic heterocycles. The van der Waals surface area contributed by atoms with E-state index in [1.54, 1.807) is 36.4 Å². The van der Waals surface area contributed by atoms with Gasteiger partial charge in [-0.15, -0.1) is 4.08 Å². The monoisotopic (exact) mass is 425 g/mol. The van der Waals surface area contributed by atoms with Crippen LogP contribution in [0.1, 0.15) is 11.1 Å². The van der Waals surface area contributed by atoms with Crippen molar-refractivity contribution in [1.29, 1.82) is 0 Å². The number of sulfonamides is 1. The molecule has 0 radical (unpaired) electrons. The van der Waals surface area contributed by atoms with Gasteiger partial charge in [0.1, 0.15) is 6.04 Å². The van der Waals surface area contributed by atoms with E-state index < -0.39 is 30.3 Å². The lowest BCUT2D eigenvalue weighted by molar-refractivity contribution is -0.134. The number of carbonyl (C=O) groups is 1. The van der Waals surface area contributed by atoms with Crippen molar-refractivity contribution < 1.29 is 17.7 Å². The highest BCUT2D eigenvalue weighted by atomic mass is 32.2. The van der Waals surface area contributed by atoms with E-state index in [4.69, 9.17) is 4.52 Å². The van der Waals surface area contributed by atoms with Crippen molar-refractivity contribution in [2.24, 2.45) is 0 Å². The van der Waals surface area contributed by atoms with Crippen molar-refractivity contribution in [3.05, 3.63) is 96.1 Å². The molecular weight excluding hydrogens is 405 g/mol. The van der Waals surface area contributed by atoms with Crippen LogP contribution in [-0.2, 0) is 25.8 Å². The lowest BCUT2D eigenvalue weighted by Gasteiger charge is -2.24. The number of nitrogens with zero attached hydrogens (tertiary/aromatic N) is 1. The predicted octanol–water partition coefficient (Wildman–Crippen LogP) is 3.79. The Hall–Kier alpha value is -2.53. The van der Waals surface area contributed by atoms with E-state index in [2.05, 4.69) is 0 Å². The average Bonchev–Trinajstić information content (AvgIpc) is 3.07. The van der Waals surface area contributed by atoms with Gasteiger partial charge in [0.25, 0.3) is 0 Å². The van der Waals surface area contributed by atoms with E-state index >= 15 is 0 Å². The van der Waals surface area contributed by atoms with Crippen LogP contribution in [0.15, 0.2) is 89.8 Å². The summed E-state index contributed by atoms with van der Waals surface area (Å²) in [6.45, 7) is 1.90. The minimum absolute atomic E-state index is 0.155. The van der Waals surface area contributed by atoms with Gasteiger partial charge in [-0.05, 0) is 36.8 Å². The molecule has 2 atom stereocenters. The van der Waals surface area contributed by atoms with E-state index in [9.17, 15) is 13.2 Å². The summed E-state index contributed by atoms with van der Waals surface area (Å²) in [6.07, 6.45) is 0.260. The van der Waals surface area contributed by atoms with Gasteiger partial charge in [0.15, 0.2) is 0 Å². The molecule has 4 rings (SSSR count). The second kappa shape index (κ2) is 8.07. The third-order valence-corrected chi connectivity index (χ3v) is 9.14. The topological polar surface area (TPSA) is 63.7 Å². The Labute approximate surface area is 171 Å². The summed E-state index contributed by atoms with van der Waals surface area (Å²) in [7, 11) is -5.74. The van der Waals surface area contributed by atoms with Gasteiger partial charge in [-0.2, -0.15) is 0 Å². The molecule has 148 valence electrons. The summed E-state index contributed by atoms with van der Waals surface area (Å²) in [5.74, 6) is -0.514. The minimum atomic E-state index is -3.94. The Morgan fingerprint density at radius 1 is 0.897 bits per heavy atom. The minimum Gasteiger partial charge on any atom is -0.422 e. The second-order valence-electron chi connectivity index (χ2n) is 6.81. The molecular formula is C22H20NO4PS. The van der Waals surface area contributed by atoms with Gasteiger partial charge in [-0.1, -0.05) is 66.2 Å². The lowest BCUT2D eigenvalue weighted by atomic mass is 10.1. The molecule has 0 aliphatic carbocycles. The smallest absolute Gasteiger partial charge is 0.329 e. The quantitative estimate of drug-likeness (QED) is 0.584. The summed E-state index contributed by atoms with van der Waals surface area (Å²) >= 11 is 0. The molecule has 0 bridgehead atoms. The van der Waals surface area contributed by atoms with Crippen molar-refractivity contribution in [3.63, 3.8) is 0 Å². The van der Waals surface area contributed by atoms with E-state index in [-0.39, 0.29) is 11.3 Å². The third kappa shape index (κ3) is 3.97. The highest BCUT2D eigenvalue weighted by molar-refractivity contribution is 7.95. The van der Waals surface area contributed by atoms with E-state index in [0.29, 0.717) is 5.30 Å². The molecule has 1 aliphatic rings. The standard InChI is InChI=1S/C22H20NO4PS/c1-17-12-14-20(15-13-17)29(25,26)23-21(16-18-8-4-2-5-9-18)22(24)27-28(23)19-10-6-3-7-11-19/h2-15,21H,16H2,1H3/t21-,28?/m0/s1. The first-order chi connectivity index (χ1) is 14.0. The SMILES string of the molecule is Cc1ccc(S(=O)(=O)N2[C@@H](Cc3ccccc3)C(=O)OP2c2ccccc2)cc1. The lowest BCUT2D eigenvalue weighted by Crippen LogP contribution is -2.38. The molecule has 0 saturated carbocycles. The van der Waals surface area contributed by atoms with Crippen LogP contribution >= 0.6 is 8.30 Å². The Kier molecular flexibility index (Phi) is 5.50. The van der Waals surface area contributed by atoms with Crippen molar-refractivity contribution in [3.8, 4) is 0 Å². The molecule has 1 saturated heterocycles. The Morgan fingerprint density at radius 3 is 2.10 bits per heavy atom. The van der Waals surface area contributed by atoms with Gasteiger partial charge >= 0.3 is 5.97 Å². The van der Waals surface area contributed by atoms with Crippen LogP contribution in [0, 0.1) is 6.92 Å². The molecule has 1 unspecified atom stereocenters. The molecule has 0 amide bonds. The highest BCUT2D eigenvalue weighted by Gasteiger charge is 2.51. The van der Waals surface area contributed by atoms with Crippen LogP contribution in [0.25, 0.3) is 0 Å². The molecule has 1 heterocycles. The van der Waals surface area contributed by atoms with Crippen LogP contribution in [0.2, 0.25) is 0 Å². The molecule has 3 aromatic rings. The van der Waals surface area contributed by atoms with Gasteiger partial charge in [0.05, 0.1) is 4.90 Å². The maximum Gasteiger partial charge on any atom is 0.329 e. The number of hydrogen-bond donors (Lipinski definition) is 0. The van der Waals surface area contributed by atoms with Gasteiger partial charge < -0.3 is 4.52 Å². The normalized spacial score (nSPS) is 19.8. The Morgan fingerprint density at radius 2 is 1.48 bits per heavy atom. The molecule has 1 aliphatic heterocycles. The molecule has 0 spiro atoms. The molecule has 1 fully saturated rings. The summed E-state index contributed by atoms with van der Waals surface area (Å²) in [5, 5.41) is 0.682. The van der Waals surface area contributed by atoms with E-state index in [1.165, 1.54) is 4.08 Å². The van der Waals surface area contributed by atoms with Crippen LogP contribution in [0.5, 0.6) is 0 Å². The summed E-state index contributed by atoms with van der Waals surface area (Å²) in [6, 6.07) is 24.2. The van der Waals surface area contributed by atoms with Crippen LogP contribution in [-0.4, -0.2) is 24.5 Å². The number of aryl methyl sites for hydroxylation is 1. The van der Waals surface area contributed by atoms with Crippen molar-refractivity contribution in [2.75, 3.05) is 0 Å². The van der Waals surface area contributed by atoms with Gasteiger partial charge in [-0.25, -0.2) is 8.42 Å². The first-order valence-corrected chi connectivity index (χ1v) is 11.8. The maximum atomic E-state index is 13.6. The molecule has 0 N–H and O–H groups in total. The van der Waals surface area contributed by atoms with Crippen molar-refractivity contribution >= 4 is 29.6 Å². The number of rotatable bonds is 5. The third-order valence-electron chi connectivity index (χ3n) is 4.71. The molecule has 3 aromatic carbocycles. The fourth-order valence-electron chi connectivity index (χ4n) is 3.21. The van der Waals surface area contributed by atoms with E-state index in [0.717, 1.165) is 11.1 Å². The Balaban J connectivity index is 1.79. The zero-order chi connectivity index (χ0) is 20.4. The van der Waals surface area contributed by atoms with Gasteiger partial charge in [0, 0.05) is 11.7 Å². The highest BCUT2D eigenvalue weighted by Crippen LogP contribution is 2.52. The van der Waals surface area contributed by atoms with Crippen LogP contribution in [0.4, 0.5) is 0 Å².